The van der Waals surface area contributed by atoms with Crippen molar-refractivity contribution in [2.75, 3.05) is 0 Å². The lowest BCUT2D eigenvalue weighted by Crippen LogP contribution is -2.29. The summed E-state index contributed by atoms with van der Waals surface area (Å²) in [6.07, 6.45) is 2.93. The van der Waals surface area contributed by atoms with Crippen LogP contribution in [-0.2, 0) is 6.42 Å². The maximum atomic E-state index is 13.3. The van der Waals surface area contributed by atoms with Gasteiger partial charge in [-0.3, -0.25) is 0 Å². The van der Waals surface area contributed by atoms with Crippen LogP contribution in [0.5, 0.6) is 0 Å². The molecule has 1 nitrogen and oxygen atoms in total. The van der Waals surface area contributed by atoms with Crippen molar-refractivity contribution < 1.29 is 9.50 Å². The fourth-order valence-corrected chi connectivity index (χ4v) is 3.02. The maximum absolute atomic E-state index is 13.3. The van der Waals surface area contributed by atoms with Crippen molar-refractivity contribution >= 4 is 11.6 Å². The van der Waals surface area contributed by atoms with Gasteiger partial charge in [0, 0.05) is 6.42 Å². The Kier molecular flexibility index (Phi) is 3.21. The normalized spacial score (nSPS) is 27.4. The summed E-state index contributed by atoms with van der Waals surface area (Å²) < 4.78 is 13.3. The average molecular weight is 257 g/mol. The molecule has 17 heavy (non-hydrogen) atoms. The van der Waals surface area contributed by atoms with Crippen LogP contribution in [0.1, 0.15) is 38.7 Å². The molecule has 0 saturated heterocycles. The van der Waals surface area contributed by atoms with Crippen LogP contribution in [0.4, 0.5) is 4.39 Å². The average Bonchev–Trinajstić information content (AvgIpc) is 2.49. The van der Waals surface area contributed by atoms with Gasteiger partial charge in [-0.1, -0.05) is 37.6 Å². The van der Waals surface area contributed by atoms with Crippen LogP contribution >= 0.6 is 11.6 Å². The fourth-order valence-electron chi connectivity index (χ4n) is 2.83. The van der Waals surface area contributed by atoms with Crippen molar-refractivity contribution in [3.63, 3.8) is 0 Å². The Labute approximate surface area is 107 Å². The smallest absolute Gasteiger partial charge is 0.142 e. The van der Waals surface area contributed by atoms with E-state index < -0.39 is 11.4 Å². The predicted molar refractivity (Wildman–Crippen MR) is 67.7 cm³/mol. The van der Waals surface area contributed by atoms with E-state index >= 15 is 0 Å². The largest absolute Gasteiger partial charge is 0.390 e. The van der Waals surface area contributed by atoms with Gasteiger partial charge in [0.1, 0.15) is 5.82 Å². The van der Waals surface area contributed by atoms with Crippen LogP contribution in [0.3, 0.4) is 0 Å². The third-order valence-corrected chi connectivity index (χ3v) is 4.05. The summed E-state index contributed by atoms with van der Waals surface area (Å²) in [4.78, 5) is 0. The third kappa shape index (κ3) is 2.80. The van der Waals surface area contributed by atoms with E-state index in [2.05, 4.69) is 13.8 Å². The lowest BCUT2D eigenvalue weighted by atomic mass is 9.86. The van der Waals surface area contributed by atoms with E-state index in [1.807, 2.05) is 0 Å². The second-order valence-electron chi connectivity index (χ2n) is 5.96. The van der Waals surface area contributed by atoms with Crippen LogP contribution in [-0.4, -0.2) is 10.7 Å². The molecule has 0 spiro atoms. The van der Waals surface area contributed by atoms with E-state index in [0.29, 0.717) is 12.0 Å². The van der Waals surface area contributed by atoms with Gasteiger partial charge in [-0.15, -0.1) is 0 Å². The highest BCUT2D eigenvalue weighted by Crippen LogP contribution is 2.45. The van der Waals surface area contributed by atoms with Gasteiger partial charge in [-0.05, 0) is 36.3 Å². The number of hydrogen-bond acceptors (Lipinski definition) is 1. The highest BCUT2D eigenvalue weighted by Gasteiger charge is 2.41. The molecule has 1 aliphatic carbocycles. The minimum Gasteiger partial charge on any atom is -0.390 e. The van der Waals surface area contributed by atoms with E-state index in [0.717, 1.165) is 19.3 Å². The molecule has 0 heterocycles. The summed E-state index contributed by atoms with van der Waals surface area (Å²) in [6.45, 7) is 4.30. The molecule has 1 fully saturated rings. The molecule has 0 bridgehead atoms. The lowest BCUT2D eigenvalue weighted by molar-refractivity contribution is 0.0378. The van der Waals surface area contributed by atoms with Crippen molar-refractivity contribution in [2.45, 2.75) is 45.1 Å². The van der Waals surface area contributed by atoms with E-state index in [4.69, 9.17) is 11.6 Å². The first-order chi connectivity index (χ1) is 7.81. The van der Waals surface area contributed by atoms with Crippen molar-refractivity contribution in [2.24, 2.45) is 5.41 Å². The first-order valence-corrected chi connectivity index (χ1v) is 6.34. The number of halogens is 2. The van der Waals surface area contributed by atoms with Crippen LogP contribution in [0.15, 0.2) is 18.2 Å². The van der Waals surface area contributed by atoms with E-state index in [9.17, 15) is 9.50 Å². The molecule has 0 amide bonds. The lowest BCUT2D eigenvalue weighted by Gasteiger charge is -2.25. The summed E-state index contributed by atoms with van der Waals surface area (Å²) >= 11 is 5.92. The molecule has 1 aromatic rings. The first-order valence-electron chi connectivity index (χ1n) is 5.97. The van der Waals surface area contributed by atoms with Crippen LogP contribution < -0.4 is 0 Å². The van der Waals surface area contributed by atoms with Crippen molar-refractivity contribution in [3.8, 4) is 0 Å². The van der Waals surface area contributed by atoms with Gasteiger partial charge < -0.3 is 5.11 Å². The van der Waals surface area contributed by atoms with Gasteiger partial charge in [0.05, 0.1) is 10.6 Å². The standard InChI is InChI=1S/C14H18ClFO/c1-13(2)6-7-14(17,9-13)8-10-4-3-5-11(16)12(10)15/h3-5,17H,6-9H2,1-2H3. The number of benzene rings is 1. The minimum atomic E-state index is -0.735. The van der Waals surface area contributed by atoms with Crippen molar-refractivity contribution in [3.05, 3.63) is 34.6 Å². The minimum absolute atomic E-state index is 0.144. The fraction of sp³-hybridized carbons (Fsp3) is 0.571. The van der Waals surface area contributed by atoms with Gasteiger partial charge in [0.25, 0.3) is 0 Å². The SMILES string of the molecule is CC1(C)CCC(O)(Cc2cccc(F)c2Cl)C1. The first kappa shape index (κ1) is 12.8. The molecule has 94 valence electrons. The van der Waals surface area contributed by atoms with E-state index in [1.165, 1.54) is 6.07 Å². The summed E-state index contributed by atoms with van der Waals surface area (Å²) in [5.74, 6) is -0.412. The Bertz CT molecular complexity index is 430. The number of rotatable bonds is 2. The Balaban J connectivity index is 2.19. The molecule has 0 radical (unpaired) electrons. The molecular weight excluding hydrogens is 239 g/mol. The number of hydrogen-bond donors (Lipinski definition) is 1. The summed E-state index contributed by atoms with van der Waals surface area (Å²) in [5, 5.41) is 10.7. The monoisotopic (exact) mass is 256 g/mol. The highest BCUT2D eigenvalue weighted by molar-refractivity contribution is 6.31. The van der Waals surface area contributed by atoms with Gasteiger partial charge in [-0.25, -0.2) is 4.39 Å². The molecule has 1 aromatic carbocycles. The molecule has 0 aliphatic heterocycles. The number of aliphatic hydroxyl groups is 1. The zero-order valence-electron chi connectivity index (χ0n) is 10.3. The summed E-state index contributed by atoms with van der Waals surface area (Å²) in [5.41, 5.74) is 0.127. The summed E-state index contributed by atoms with van der Waals surface area (Å²) in [6, 6.07) is 4.77. The topological polar surface area (TPSA) is 20.2 Å². The van der Waals surface area contributed by atoms with Gasteiger partial charge in [-0.2, -0.15) is 0 Å². The molecule has 1 aliphatic rings. The second kappa shape index (κ2) is 4.25. The zero-order valence-corrected chi connectivity index (χ0v) is 11.0. The molecule has 2 rings (SSSR count). The Morgan fingerprint density at radius 2 is 2.06 bits per heavy atom. The van der Waals surface area contributed by atoms with Crippen LogP contribution in [0, 0.1) is 11.2 Å². The Hall–Kier alpha value is -0.600. The van der Waals surface area contributed by atoms with Crippen LogP contribution in [0.2, 0.25) is 5.02 Å². The molecule has 0 aromatic heterocycles. The molecular formula is C14H18ClFO. The molecule has 1 unspecified atom stereocenters. The quantitative estimate of drug-likeness (QED) is 0.849. The van der Waals surface area contributed by atoms with Crippen LogP contribution in [0.25, 0.3) is 0 Å². The van der Waals surface area contributed by atoms with Crippen molar-refractivity contribution in [1.29, 1.82) is 0 Å². The van der Waals surface area contributed by atoms with E-state index in [-0.39, 0.29) is 10.4 Å². The molecule has 1 atom stereocenters. The molecule has 3 heteroatoms. The molecule has 1 N–H and O–H groups in total. The Morgan fingerprint density at radius 1 is 1.35 bits per heavy atom. The van der Waals surface area contributed by atoms with E-state index in [1.54, 1.807) is 12.1 Å². The summed E-state index contributed by atoms with van der Waals surface area (Å²) in [7, 11) is 0. The Morgan fingerprint density at radius 3 is 2.65 bits per heavy atom. The second-order valence-corrected chi connectivity index (χ2v) is 6.33. The predicted octanol–water partition coefficient (Wildman–Crippen LogP) is 3.96. The van der Waals surface area contributed by atoms with Crippen molar-refractivity contribution in [1.82, 2.24) is 0 Å². The van der Waals surface area contributed by atoms with Gasteiger partial charge >= 0.3 is 0 Å². The highest BCUT2D eigenvalue weighted by atomic mass is 35.5. The zero-order chi connectivity index (χ0) is 12.7. The third-order valence-electron chi connectivity index (χ3n) is 3.63. The molecule has 1 saturated carbocycles. The maximum Gasteiger partial charge on any atom is 0.142 e. The van der Waals surface area contributed by atoms with Gasteiger partial charge in [0.2, 0.25) is 0 Å². The van der Waals surface area contributed by atoms with Gasteiger partial charge in [0.15, 0.2) is 0 Å².